The number of benzene rings is 3. The molecule has 0 fully saturated rings. The van der Waals surface area contributed by atoms with E-state index in [0.29, 0.717) is 27.6 Å². The number of nitrogens with one attached hydrogen (secondary N) is 1. The van der Waals surface area contributed by atoms with Gasteiger partial charge in [0.15, 0.2) is 0 Å². The van der Waals surface area contributed by atoms with E-state index in [1.165, 1.54) is 11.3 Å². The van der Waals surface area contributed by atoms with Crippen molar-refractivity contribution in [3.05, 3.63) is 95.4 Å². The molecule has 10 heteroatoms. The number of para-hydroxylation sites is 1. The lowest BCUT2D eigenvalue weighted by Gasteiger charge is -2.21. The van der Waals surface area contributed by atoms with Crippen LogP contribution in [0.1, 0.15) is 28.6 Å². The number of hydrogen-bond donors (Lipinski definition) is 2. The number of ether oxygens (including phenoxy) is 1. The third-order valence-electron chi connectivity index (χ3n) is 6.20. The Labute approximate surface area is 224 Å². The van der Waals surface area contributed by atoms with Crippen LogP contribution in [0.4, 0.5) is 5.69 Å². The first-order valence-electron chi connectivity index (χ1n) is 11.9. The van der Waals surface area contributed by atoms with Gasteiger partial charge in [-0.05, 0) is 66.6 Å². The summed E-state index contributed by atoms with van der Waals surface area (Å²) >= 11 is 1.33. The van der Waals surface area contributed by atoms with Crippen molar-refractivity contribution in [1.82, 2.24) is 4.31 Å². The van der Waals surface area contributed by atoms with Gasteiger partial charge in [0, 0.05) is 21.0 Å². The Morgan fingerprint density at radius 2 is 1.66 bits per heavy atom. The molecule has 8 nitrogen and oxygen atoms in total. The first-order chi connectivity index (χ1) is 18.3. The number of amides is 1. The molecule has 2 heterocycles. The molecule has 0 saturated heterocycles. The minimum absolute atomic E-state index is 0.0520. The van der Waals surface area contributed by atoms with Crippen molar-refractivity contribution in [2.24, 2.45) is 0 Å². The molecule has 0 radical (unpaired) electrons. The van der Waals surface area contributed by atoms with E-state index in [1.807, 2.05) is 42.5 Å². The quantitative estimate of drug-likeness (QED) is 0.287. The summed E-state index contributed by atoms with van der Waals surface area (Å²) in [6.45, 7) is 1.71. The number of carboxylic acid groups (broad SMARTS) is 1. The number of carboxylic acids is 1. The molecule has 1 aromatic heterocycles. The first-order valence-corrected chi connectivity index (χ1v) is 14.1. The van der Waals surface area contributed by atoms with Crippen LogP contribution in [-0.4, -0.2) is 35.7 Å². The first kappa shape index (κ1) is 25.7. The van der Waals surface area contributed by atoms with Crippen molar-refractivity contribution < 1.29 is 27.9 Å². The van der Waals surface area contributed by atoms with Crippen molar-refractivity contribution in [2.75, 3.05) is 5.32 Å². The van der Waals surface area contributed by atoms with Crippen LogP contribution in [0.25, 0.3) is 10.4 Å². The summed E-state index contributed by atoms with van der Waals surface area (Å²) in [5, 5.41) is 12.3. The van der Waals surface area contributed by atoms with Crippen LogP contribution in [-0.2, 0) is 21.4 Å². The molecule has 5 rings (SSSR count). The Bertz CT molecular complexity index is 1580. The number of sulfonamides is 1. The number of nitrogens with zero attached hydrogens (tertiary/aromatic N) is 1. The van der Waals surface area contributed by atoms with Gasteiger partial charge in [-0.2, -0.15) is 4.31 Å². The van der Waals surface area contributed by atoms with Crippen LogP contribution in [0.5, 0.6) is 11.5 Å². The summed E-state index contributed by atoms with van der Waals surface area (Å²) in [6.07, 6.45) is 0.190. The van der Waals surface area contributed by atoms with Crippen LogP contribution < -0.4 is 10.1 Å². The number of aliphatic carboxylic acids is 1. The second kappa shape index (κ2) is 10.4. The molecule has 0 spiro atoms. The molecular formula is C28H24N2O6S2. The molecule has 3 aromatic carbocycles. The monoisotopic (exact) mass is 548 g/mol. The van der Waals surface area contributed by atoms with Crippen molar-refractivity contribution in [1.29, 1.82) is 0 Å². The zero-order valence-electron chi connectivity index (χ0n) is 20.3. The van der Waals surface area contributed by atoms with Crippen LogP contribution in [0.2, 0.25) is 0 Å². The molecule has 0 bridgehead atoms. The normalized spacial score (nSPS) is 15.0. The summed E-state index contributed by atoms with van der Waals surface area (Å²) in [5.41, 5.74) is 1.88. The largest absolute Gasteiger partial charge is 0.480 e. The van der Waals surface area contributed by atoms with Gasteiger partial charge < -0.3 is 15.2 Å². The predicted molar refractivity (Wildman–Crippen MR) is 145 cm³/mol. The van der Waals surface area contributed by atoms with Crippen molar-refractivity contribution in [3.8, 4) is 21.9 Å². The predicted octanol–water partition coefficient (Wildman–Crippen LogP) is 5.83. The highest BCUT2D eigenvalue weighted by Crippen LogP contribution is 2.42. The maximum atomic E-state index is 13.0. The van der Waals surface area contributed by atoms with Crippen molar-refractivity contribution >= 4 is 38.9 Å². The van der Waals surface area contributed by atoms with E-state index in [2.05, 4.69) is 5.32 Å². The molecule has 0 aliphatic carbocycles. The van der Waals surface area contributed by atoms with E-state index in [1.54, 1.807) is 49.4 Å². The number of hydrogen-bond acceptors (Lipinski definition) is 6. The highest BCUT2D eigenvalue weighted by molar-refractivity contribution is 7.89. The summed E-state index contributed by atoms with van der Waals surface area (Å²) in [4.78, 5) is 25.8. The van der Waals surface area contributed by atoms with E-state index in [4.69, 9.17) is 4.74 Å². The fourth-order valence-electron chi connectivity index (χ4n) is 4.23. The standard InChI is InChI=1S/C28H24N2O6S2/c1-2-23(28(32)33)30-17-25-26(38(30,34)35)16-24(37-25)18-8-12-20(13-9-18)29-27(31)19-10-14-22(15-11-19)36-21-6-4-3-5-7-21/h3-16,23H,2,17H2,1H3,(H,29,31)(H,32,33). The maximum Gasteiger partial charge on any atom is 0.322 e. The van der Waals surface area contributed by atoms with Gasteiger partial charge in [0.25, 0.3) is 5.91 Å². The topological polar surface area (TPSA) is 113 Å². The molecule has 1 amide bonds. The smallest absolute Gasteiger partial charge is 0.322 e. The fraction of sp³-hybridized carbons (Fsp3) is 0.143. The highest BCUT2D eigenvalue weighted by Gasteiger charge is 2.43. The molecule has 1 unspecified atom stereocenters. The van der Waals surface area contributed by atoms with E-state index in [9.17, 15) is 23.1 Å². The highest BCUT2D eigenvalue weighted by atomic mass is 32.2. The lowest BCUT2D eigenvalue weighted by molar-refractivity contribution is -0.141. The molecule has 0 saturated carbocycles. The molecule has 38 heavy (non-hydrogen) atoms. The van der Waals surface area contributed by atoms with E-state index in [0.717, 1.165) is 14.7 Å². The lowest BCUT2D eigenvalue weighted by atomic mass is 10.1. The van der Waals surface area contributed by atoms with Gasteiger partial charge in [0.05, 0.1) is 11.4 Å². The average molecular weight is 549 g/mol. The number of rotatable bonds is 8. The van der Waals surface area contributed by atoms with Crippen LogP contribution in [0.15, 0.2) is 89.8 Å². The number of carbonyl (C=O) groups excluding carboxylic acids is 1. The Morgan fingerprint density at radius 3 is 2.26 bits per heavy atom. The third kappa shape index (κ3) is 5.06. The number of carbonyl (C=O) groups is 2. The van der Waals surface area contributed by atoms with E-state index >= 15 is 0 Å². The SMILES string of the molecule is CCC(C(=O)O)N1Cc2sc(-c3ccc(NC(=O)c4ccc(Oc5ccccc5)cc4)cc3)cc2S1(=O)=O. The summed E-state index contributed by atoms with van der Waals surface area (Å²) < 4.78 is 32.8. The second-order valence-corrected chi connectivity index (χ2v) is 11.7. The Hall–Kier alpha value is -3.99. The van der Waals surface area contributed by atoms with Crippen LogP contribution in [0.3, 0.4) is 0 Å². The van der Waals surface area contributed by atoms with Crippen LogP contribution in [0, 0.1) is 0 Å². The van der Waals surface area contributed by atoms with E-state index in [-0.39, 0.29) is 23.8 Å². The molecule has 1 atom stereocenters. The van der Waals surface area contributed by atoms with Crippen molar-refractivity contribution in [2.45, 2.75) is 30.8 Å². The van der Waals surface area contributed by atoms with Crippen LogP contribution >= 0.6 is 11.3 Å². The van der Waals surface area contributed by atoms with Gasteiger partial charge >= 0.3 is 5.97 Å². The Kier molecular flexibility index (Phi) is 7.02. The van der Waals surface area contributed by atoms with Gasteiger partial charge in [-0.15, -0.1) is 11.3 Å². The van der Waals surface area contributed by atoms with Gasteiger partial charge in [0.2, 0.25) is 10.0 Å². The molecule has 194 valence electrons. The summed E-state index contributed by atoms with van der Waals surface area (Å²) in [5.74, 6) is -0.0888. The maximum absolute atomic E-state index is 13.0. The second-order valence-electron chi connectivity index (χ2n) is 8.68. The molecular weight excluding hydrogens is 524 g/mol. The third-order valence-corrected chi connectivity index (χ3v) is 9.42. The van der Waals surface area contributed by atoms with Gasteiger partial charge in [-0.25, -0.2) is 8.42 Å². The zero-order chi connectivity index (χ0) is 26.9. The number of anilines is 1. The number of fused-ring (bicyclic) bond motifs is 1. The molecule has 1 aliphatic rings. The van der Waals surface area contributed by atoms with E-state index < -0.39 is 22.0 Å². The minimum Gasteiger partial charge on any atom is -0.480 e. The Balaban J connectivity index is 1.25. The number of thiophene rings is 1. The summed E-state index contributed by atoms with van der Waals surface area (Å²) in [6, 6.07) is 23.8. The van der Waals surface area contributed by atoms with Crippen molar-refractivity contribution in [3.63, 3.8) is 0 Å². The van der Waals surface area contributed by atoms with Gasteiger partial charge in [-0.1, -0.05) is 37.3 Å². The minimum atomic E-state index is -3.87. The molecule has 4 aromatic rings. The Morgan fingerprint density at radius 1 is 1.00 bits per heavy atom. The fourth-order valence-corrected chi connectivity index (χ4v) is 7.64. The summed E-state index contributed by atoms with van der Waals surface area (Å²) in [7, 11) is -3.87. The molecule has 2 N–H and O–H groups in total. The van der Waals surface area contributed by atoms with Gasteiger partial charge in [0.1, 0.15) is 17.5 Å². The zero-order valence-corrected chi connectivity index (χ0v) is 22.0. The molecule has 1 aliphatic heterocycles. The average Bonchev–Trinajstić information content (AvgIpc) is 3.44. The van der Waals surface area contributed by atoms with Gasteiger partial charge in [-0.3, -0.25) is 9.59 Å². The lowest BCUT2D eigenvalue weighted by Crippen LogP contribution is -2.40.